The van der Waals surface area contributed by atoms with Gasteiger partial charge in [0.25, 0.3) is 0 Å². The van der Waals surface area contributed by atoms with Gasteiger partial charge in [-0.05, 0) is 31.9 Å². The topological polar surface area (TPSA) is 41.4 Å². The summed E-state index contributed by atoms with van der Waals surface area (Å²) in [6, 6.07) is 9.11. The summed E-state index contributed by atoms with van der Waals surface area (Å²) in [5.74, 6) is 0.366. The lowest BCUT2D eigenvalue weighted by Gasteiger charge is -2.43. The van der Waals surface area contributed by atoms with E-state index in [0.29, 0.717) is 37.5 Å². The average molecular weight is 387 g/mol. The van der Waals surface area contributed by atoms with Crippen LogP contribution in [0.5, 0.6) is 0 Å². The maximum absolute atomic E-state index is 14.0. The smallest absolute Gasteiger partial charge is 0.224 e. The highest BCUT2D eigenvalue weighted by Crippen LogP contribution is 2.21. The third kappa shape index (κ3) is 4.79. The molecule has 1 aliphatic heterocycles. The lowest BCUT2D eigenvalue weighted by Crippen LogP contribution is -2.56. The SMILES string of the molecule is Cc1cc(C)n(CCC(=O)N2CCN(Cc3ccccc3F)C[C@@H]2C(C)C)n1. The van der Waals surface area contributed by atoms with Crippen LogP contribution < -0.4 is 0 Å². The molecule has 1 atom stereocenters. The van der Waals surface area contributed by atoms with E-state index in [-0.39, 0.29) is 17.8 Å². The molecule has 0 spiro atoms. The average Bonchev–Trinajstić information content (AvgIpc) is 2.98. The summed E-state index contributed by atoms with van der Waals surface area (Å²) in [7, 11) is 0. The summed E-state index contributed by atoms with van der Waals surface area (Å²) in [6.45, 7) is 11.7. The zero-order valence-electron chi connectivity index (χ0n) is 17.4. The van der Waals surface area contributed by atoms with Gasteiger partial charge < -0.3 is 4.90 Å². The molecule has 6 heteroatoms. The molecule has 3 rings (SSSR count). The minimum absolute atomic E-state index is 0.147. The van der Waals surface area contributed by atoms with E-state index < -0.39 is 0 Å². The highest BCUT2D eigenvalue weighted by molar-refractivity contribution is 5.76. The fourth-order valence-corrected chi connectivity index (χ4v) is 4.01. The van der Waals surface area contributed by atoms with Crippen LogP contribution in [0.15, 0.2) is 30.3 Å². The monoisotopic (exact) mass is 386 g/mol. The van der Waals surface area contributed by atoms with Crippen molar-refractivity contribution in [2.24, 2.45) is 5.92 Å². The van der Waals surface area contributed by atoms with Gasteiger partial charge in [-0.15, -0.1) is 0 Å². The van der Waals surface area contributed by atoms with Crippen molar-refractivity contribution >= 4 is 5.91 Å². The Morgan fingerprint density at radius 1 is 1.25 bits per heavy atom. The van der Waals surface area contributed by atoms with Crippen molar-refractivity contribution in [3.05, 3.63) is 53.1 Å². The van der Waals surface area contributed by atoms with Gasteiger partial charge in [-0.25, -0.2) is 4.39 Å². The van der Waals surface area contributed by atoms with E-state index in [1.807, 2.05) is 41.6 Å². The molecule has 28 heavy (non-hydrogen) atoms. The minimum Gasteiger partial charge on any atom is -0.337 e. The van der Waals surface area contributed by atoms with Crippen molar-refractivity contribution in [1.82, 2.24) is 19.6 Å². The number of carbonyl (C=O) groups excluding carboxylic acids is 1. The number of rotatable bonds is 6. The van der Waals surface area contributed by atoms with Crippen molar-refractivity contribution in [3.63, 3.8) is 0 Å². The lowest BCUT2D eigenvalue weighted by molar-refractivity contribution is -0.138. The van der Waals surface area contributed by atoms with Gasteiger partial charge in [-0.2, -0.15) is 5.10 Å². The quantitative estimate of drug-likeness (QED) is 0.764. The van der Waals surface area contributed by atoms with Crippen LogP contribution in [0.1, 0.15) is 37.2 Å². The number of benzene rings is 1. The van der Waals surface area contributed by atoms with Crippen LogP contribution >= 0.6 is 0 Å². The standard InChI is InChI=1S/C22H31FN4O/c1-16(2)21-15-25(14-19-7-5-6-8-20(19)23)11-12-26(21)22(28)9-10-27-18(4)13-17(3)24-27/h5-8,13,16,21H,9-12,14-15H2,1-4H3/t21-/m1/s1. The predicted octanol–water partition coefficient (Wildman–Crippen LogP) is 3.40. The molecule has 1 fully saturated rings. The highest BCUT2D eigenvalue weighted by atomic mass is 19.1. The van der Waals surface area contributed by atoms with Gasteiger partial charge in [0.05, 0.1) is 5.69 Å². The Hall–Kier alpha value is -2.21. The van der Waals surface area contributed by atoms with Crippen molar-refractivity contribution < 1.29 is 9.18 Å². The first-order valence-electron chi connectivity index (χ1n) is 10.1. The Balaban J connectivity index is 1.61. The number of halogens is 1. The van der Waals surface area contributed by atoms with E-state index in [0.717, 1.165) is 24.5 Å². The molecule has 0 saturated carbocycles. The first-order valence-corrected chi connectivity index (χ1v) is 10.1. The van der Waals surface area contributed by atoms with Gasteiger partial charge >= 0.3 is 0 Å². The molecule has 0 N–H and O–H groups in total. The summed E-state index contributed by atoms with van der Waals surface area (Å²) in [5.41, 5.74) is 2.78. The van der Waals surface area contributed by atoms with Crippen molar-refractivity contribution in [2.75, 3.05) is 19.6 Å². The van der Waals surface area contributed by atoms with E-state index in [4.69, 9.17) is 0 Å². The van der Waals surface area contributed by atoms with Crippen molar-refractivity contribution in [2.45, 2.75) is 53.2 Å². The molecule has 1 aromatic carbocycles. The van der Waals surface area contributed by atoms with Gasteiger partial charge in [0.1, 0.15) is 5.82 Å². The molecule has 0 bridgehead atoms. The van der Waals surface area contributed by atoms with Gasteiger partial charge in [0.15, 0.2) is 0 Å². The molecule has 1 aromatic heterocycles. The molecule has 1 saturated heterocycles. The molecule has 2 aromatic rings. The molecule has 0 unspecified atom stereocenters. The number of piperazine rings is 1. The normalized spacial score (nSPS) is 18.1. The Kier molecular flexibility index (Phi) is 6.50. The Morgan fingerprint density at radius 2 is 2.00 bits per heavy atom. The highest BCUT2D eigenvalue weighted by Gasteiger charge is 2.32. The summed E-state index contributed by atoms with van der Waals surface area (Å²) >= 11 is 0. The summed E-state index contributed by atoms with van der Waals surface area (Å²) in [6.07, 6.45) is 0.457. The summed E-state index contributed by atoms with van der Waals surface area (Å²) < 4.78 is 15.9. The summed E-state index contributed by atoms with van der Waals surface area (Å²) in [4.78, 5) is 17.2. The molecule has 152 valence electrons. The second-order valence-corrected chi connectivity index (χ2v) is 8.13. The Labute approximate surface area is 167 Å². The van der Waals surface area contributed by atoms with Crippen molar-refractivity contribution in [1.29, 1.82) is 0 Å². The molecular formula is C22H31FN4O. The number of carbonyl (C=O) groups is 1. The lowest BCUT2D eigenvalue weighted by atomic mass is 9.98. The second kappa shape index (κ2) is 8.86. The molecule has 1 aliphatic rings. The number of aryl methyl sites for hydroxylation is 3. The number of hydrogen-bond donors (Lipinski definition) is 0. The maximum atomic E-state index is 14.0. The molecule has 1 amide bonds. The first-order chi connectivity index (χ1) is 13.3. The number of nitrogens with zero attached hydrogens (tertiary/aromatic N) is 4. The van der Waals surface area contributed by atoms with Crippen molar-refractivity contribution in [3.8, 4) is 0 Å². The van der Waals surface area contributed by atoms with Crippen LogP contribution in [0.4, 0.5) is 4.39 Å². The van der Waals surface area contributed by atoms with Crippen LogP contribution in [0.25, 0.3) is 0 Å². The van der Waals surface area contributed by atoms with Gasteiger partial charge in [-0.1, -0.05) is 32.0 Å². The van der Waals surface area contributed by atoms with Crippen LogP contribution in [0.3, 0.4) is 0 Å². The Bertz CT molecular complexity index is 817. The van der Waals surface area contributed by atoms with E-state index in [2.05, 4.69) is 23.8 Å². The van der Waals surface area contributed by atoms with Gasteiger partial charge in [-0.3, -0.25) is 14.4 Å². The number of aromatic nitrogens is 2. The fraction of sp³-hybridized carbons (Fsp3) is 0.545. The third-order valence-corrected chi connectivity index (χ3v) is 5.59. The van der Waals surface area contributed by atoms with E-state index in [1.54, 1.807) is 6.07 Å². The van der Waals surface area contributed by atoms with Crippen LogP contribution in [-0.4, -0.2) is 51.2 Å². The zero-order valence-corrected chi connectivity index (χ0v) is 17.4. The molecule has 0 radical (unpaired) electrons. The second-order valence-electron chi connectivity index (χ2n) is 8.13. The Morgan fingerprint density at radius 3 is 2.64 bits per heavy atom. The van der Waals surface area contributed by atoms with E-state index in [9.17, 15) is 9.18 Å². The predicted molar refractivity (Wildman–Crippen MR) is 108 cm³/mol. The molecule has 5 nitrogen and oxygen atoms in total. The van der Waals surface area contributed by atoms with Crippen LogP contribution in [-0.2, 0) is 17.9 Å². The maximum Gasteiger partial charge on any atom is 0.224 e. The molecular weight excluding hydrogens is 355 g/mol. The molecule has 0 aliphatic carbocycles. The van der Waals surface area contributed by atoms with E-state index in [1.165, 1.54) is 6.07 Å². The largest absolute Gasteiger partial charge is 0.337 e. The number of hydrogen-bond acceptors (Lipinski definition) is 3. The fourth-order valence-electron chi connectivity index (χ4n) is 4.01. The van der Waals surface area contributed by atoms with Gasteiger partial charge in [0.2, 0.25) is 5.91 Å². The van der Waals surface area contributed by atoms with E-state index >= 15 is 0 Å². The van der Waals surface area contributed by atoms with Gasteiger partial charge in [0, 0.05) is 56.4 Å². The molecule has 2 heterocycles. The van der Waals surface area contributed by atoms with Crippen LogP contribution in [0, 0.1) is 25.6 Å². The third-order valence-electron chi connectivity index (χ3n) is 5.59. The zero-order chi connectivity index (χ0) is 20.3. The minimum atomic E-state index is -0.160. The number of amides is 1. The first kappa shape index (κ1) is 20.5. The van der Waals surface area contributed by atoms with Crippen LogP contribution in [0.2, 0.25) is 0 Å². The summed E-state index contributed by atoms with van der Waals surface area (Å²) in [5, 5.41) is 4.45.